The molecule has 0 aromatic carbocycles. The molecule has 0 heterocycles. The molecule has 1 rings (SSSR count). The maximum atomic E-state index is 5.76. The highest BCUT2D eigenvalue weighted by Gasteiger charge is 2.26. The van der Waals surface area contributed by atoms with Crippen LogP contribution in [0.5, 0.6) is 0 Å². The van der Waals surface area contributed by atoms with Gasteiger partial charge in [0.2, 0.25) is 0 Å². The molecule has 0 aliphatic heterocycles. The fourth-order valence-electron chi connectivity index (χ4n) is 3.04. The highest BCUT2D eigenvalue weighted by molar-refractivity contribution is 4.81. The van der Waals surface area contributed by atoms with Crippen molar-refractivity contribution < 1.29 is 4.74 Å². The van der Waals surface area contributed by atoms with Gasteiger partial charge in [0.15, 0.2) is 0 Å². The van der Waals surface area contributed by atoms with Crippen LogP contribution in [0, 0.1) is 11.8 Å². The van der Waals surface area contributed by atoms with Gasteiger partial charge in [0, 0.05) is 6.04 Å². The summed E-state index contributed by atoms with van der Waals surface area (Å²) in [5.74, 6) is 1.83. The van der Waals surface area contributed by atoms with E-state index in [4.69, 9.17) is 4.74 Å². The van der Waals surface area contributed by atoms with Crippen molar-refractivity contribution in [2.45, 2.75) is 71.4 Å². The van der Waals surface area contributed by atoms with Crippen LogP contribution in [0.2, 0.25) is 0 Å². The Morgan fingerprint density at radius 3 is 2.29 bits per heavy atom. The molecule has 1 aliphatic carbocycles. The summed E-state index contributed by atoms with van der Waals surface area (Å²) in [5.41, 5.74) is 0. The standard InChI is InChI=1S/C15H31NO/c1-5-6-13-7-9-14(10-8-13)15(16-4)11-17-12(2)3/h12-16H,5-11H2,1-4H3. The Morgan fingerprint density at radius 1 is 1.18 bits per heavy atom. The first kappa shape index (κ1) is 15.0. The van der Waals surface area contributed by atoms with Crippen molar-refractivity contribution in [3.05, 3.63) is 0 Å². The van der Waals surface area contributed by atoms with E-state index in [0.29, 0.717) is 12.1 Å². The monoisotopic (exact) mass is 241 g/mol. The molecular formula is C15H31NO. The van der Waals surface area contributed by atoms with Gasteiger partial charge in [-0.3, -0.25) is 0 Å². The van der Waals surface area contributed by atoms with Gasteiger partial charge in [-0.1, -0.05) is 32.6 Å². The minimum atomic E-state index is 0.349. The number of ether oxygens (including phenoxy) is 1. The van der Waals surface area contributed by atoms with Gasteiger partial charge in [0.25, 0.3) is 0 Å². The summed E-state index contributed by atoms with van der Waals surface area (Å²) >= 11 is 0. The summed E-state index contributed by atoms with van der Waals surface area (Å²) in [6, 6.07) is 0.556. The van der Waals surface area contributed by atoms with Crippen molar-refractivity contribution in [1.82, 2.24) is 5.32 Å². The largest absolute Gasteiger partial charge is 0.377 e. The molecule has 2 heteroatoms. The molecule has 0 aromatic heterocycles. The van der Waals surface area contributed by atoms with Crippen molar-refractivity contribution in [1.29, 1.82) is 0 Å². The Kier molecular flexibility index (Phi) is 7.14. The molecule has 17 heavy (non-hydrogen) atoms. The molecule has 0 saturated heterocycles. The van der Waals surface area contributed by atoms with Crippen LogP contribution < -0.4 is 5.32 Å². The Balaban J connectivity index is 2.29. The van der Waals surface area contributed by atoms with Gasteiger partial charge >= 0.3 is 0 Å². The summed E-state index contributed by atoms with van der Waals surface area (Å²) < 4.78 is 5.76. The second kappa shape index (κ2) is 8.10. The van der Waals surface area contributed by atoms with E-state index in [-0.39, 0.29) is 0 Å². The molecule has 1 unspecified atom stereocenters. The molecule has 0 aromatic rings. The van der Waals surface area contributed by atoms with E-state index in [1.165, 1.54) is 38.5 Å². The minimum absolute atomic E-state index is 0.349. The molecule has 2 nitrogen and oxygen atoms in total. The van der Waals surface area contributed by atoms with Gasteiger partial charge in [0.05, 0.1) is 12.7 Å². The van der Waals surface area contributed by atoms with Crippen LogP contribution in [0.25, 0.3) is 0 Å². The summed E-state index contributed by atoms with van der Waals surface area (Å²) in [5, 5.41) is 3.45. The van der Waals surface area contributed by atoms with Crippen LogP contribution in [0.1, 0.15) is 59.3 Å². The van der Waals surface area contributed by atoms with E-state index in [9.17, 15) is 0 Å². The highest BCUT2D eigenvalue weighted by Crippen LogP contribution is 2.33. The molecular weight excluding hydrogens is 210 g/mol. The van der Waals surface area contributed by atoms with Crippen molar-refractivity contribution in [3.63, 3.8) is 0 Å². The molecule has 1 N–H and O–H groups in total. The van der Waals surface area contributed by atoms with E-state index in [2.05, 4.69) is 33.1 Å². The molecule has 0 amide bonds. The van der Waals surface area contributed by atoms with Gasteiger partial charge in [-0.05, 0) is 45.6 Å². The Labute approximate surface area is 108 Å². The van der Waals surface area contributed by atoms with Crippen LogP contribution in [0.3, 0.4) is 0 Å². The van der Waals surface area contributed by atoms with Crippen molar-refractivity contribution in [2.75, 3.05) is 13.7 Å². The van der Waals surface area contributed by atoms with Crippen LogP contribution >= 0.6 is 0 Å². The zero-order chi connectivity index (χ0) is 12.7. The number of hydrogen-bond donors (Lipinski definition) is 1. The number of likely N-dealkylation sites (N-methyl/N-ethyl adjacent to an activating group) is 1. The first-order valence-electron chi connectivity index (χ1n) is 7.46. The lowest BCUT2D eigenvalue weighted by molar-refractivity contribution is 0.0420. The summed E-state index contributed by atoms with van der Waals surface area (Å²) in [6.07, 6.45) is 8.76. The van der Waals surface area contributed by atoms with E-state index in [1.54, 1.807) is 0 Å². The smallest absolute Gasteiger partial charge is 0.0625 e. The third kappa shape index (κ3) is 5.39. The molecule has 1 aliphatic rings. The summed E-state index contributed by atoms with van der Waals surface area (Å²) in [6.45, 7) is 7.41. The molecule has 1 saturated carbocycles. The average Bonchev–Trinajstić information content (AvgIpc) is 2.32. The van der Waals surface area contributed by atoms with Crippen molar-refractivity contribution >= 4 is 0 Å². The lowest BCUT2D eigenvalue weighted by atomic mass is 9.77. The number of hydrogen-bond acceptors (Lipinski definition) is 2. The van der Waals surface area contributed by atoms with E-state index < -0.39 is 0 Å². The molecule has 1 atom stereocenters. The van der Waals surface area contributed by atoms with Gasteiger partial charge in [-0.25, -0.2) is 0 Å². The molecule has 0 spiro atoms. The molecule has 0 radical (unpaired) electrons. The fraction of sp³-hybridized carbons (Fsp3) is 1.00. The fourth-order valence-corrected chi connectivity index (χ4v) is 3.04. The van der Waals surface area contributed by atoms with E-state index in [1.807, 2.05) is 0 Å². The van der Waals surface area contributed by atoms with Gasteiger partial charge in [-0.15, -0.1) is 0 Å². The SMILES string of the molecule is CCCC1CCC(C(COC(C)C)NC)CC1. The van der Waals surface area contributed by atoms with Crippen molar-refractivity contribution in [2.24, 2.45) is 11.8 Å². The zero-order valence-electron chi connectivity index (χ0n) is 12.2. The summed E-state index contributed by atoms with van der Waals surface area (Å²) in [4.78, 5) is 0. The predicted molar refractivity (Wildman–Crippen MR) is 74.3 cm³/mol. The zero-order valence-corrected chi connectivity index (χ0v) is 12.2. The quantitative estimate of drug-likeness (QED) is 0.735. The van der Waals surface area contributed by atoms with Gasteiger partial charge < -0.3 is 10.1 Å². The van der Waals surface area contributed by atoms with E-state index >= 15 is 0 Å². The Hall–Kier alpha value is -0.0800. The maximum Gasteiger partial charge on any atom is 0.0625 e. The topological polar surface area (TPSA) is 21.3 Å². The third-order valence-electron chi connectivity index (χ3n) is 4.14. The Bertz CT molecular complexity index is 185. The van der Waals surface area contributed by atoms with E-state index in [0.717, 1.165) is 18.4 Å². The predicted octanol–water partition coefficient (Wildman–Crippen LogP) is 3.61. The average molecular weight is 241 g/mol. The molecule has 0 bridgehead atoms. The lowest BCUT2D eigenvalue weighted by Crippen LogP contribution is -2.40. The van der Waals surface area contributed by atoms with Crippen molar-refractivity contribution in [3.8, 4) is 0 Å². The highest BCUT2D eigenvalue weighted by atomic mass is 16.5. The van der Waals surface area contributed by atoms with Gasteiger partial charge in [0.1, 0.15) is 0 Å². The molecule has 1 fully saturated rings. The molecule has 102 valence electrons. The second-order valence-electron chi connectivity index (χ2n) is 5.85. The number of nitrogens with one attached hydrogen (secondary N) is 1. The normalized spacial score (nSPS) is 27.4. The number of rotatable bonds is 7. The lowest BCUT2D eigenvalue weighted by Gasteiger charge is -2.34. The Morgan fingerprint density at radius 2 is 1.82 bits per heavy atom. The minimum Gasteiger partial charge on any atom is -0.377 e. The summed E-state index contributed by atoms with van der Waals surface area (Å²) in [7, 11) is 2.08. The van der Waals surface area contributed by atoms with Gasteiger partial charge in [-0.2, -0.15) is 0 Å². The van der Waals surface area contributed by atoms with Crippen LogP contribution in [0.15, 0.2) is 0 Å². The van der Waals surface area contributed by atoms with Crippen LogP contribution in [0.4, 0.5) is 0 Å². The van der Waals surface area contributed by atoms with Crippen LogP contribution in [-0.2, 0) is 4.74 Å². The third-order valence-corrected chi connectivity index (χ3v) is 4.14. The van der Waals surface area contributed by atoms with Crippen LogP contribution in [-0.4, -0.2) is 25.8 Å². The maximum absolute atomic E-state index is 5.76. The first-order chi connectivity index (χ1) is 8.17. The first-order valence-corrected chi connectivity index (χ1v) is 7.46. The second-order valence-corrected chi connectivity index (χ2v) is 5.85.